The molecule has 2 atom stereocenters. The zero-order valence-corrected chi connectivity index (χ0v) is 28.1. The predicted molar refractivity (Wildman–Crippen MR) is 174 cm³/mol. The van der Waals surface area contributed by atoms with E-state index in [1.165, 1.54) is 0 Å². The molecule has 3 saturated heterocycles. The fourth-order valence-electron chi connectivity index (χ4n) is 6.75. The van der Waals surface area contributed by atoms with Crippen LogP contribution in [0.5, 0.6) is 0 Å². The first-order valence-corrected chi connectivity index (χ1v) is 16.1. The first-order valence-electron chi connectivity index (χ1n) is 16.1. The van der Waals surface area contributed by atoms with Gasteiger partial charge in [-0.1, -0.05) is 27.2 Å². The van der Waals surface area contributed by atoms with E-state index in [0.717, 1.165) is 35.5 Å². The Hall–Kier alpha value is -2.99. The summed E-state index contributed by atoms with van der Waals surface area (Å²) >= 11 is 0. The van der Waals surface area contributed by atoms with Gasteiger partial charge in [0.2, 0.25) is 11.8 Å². The standard InChI is InChI=1S/C33H48N6O5.ClH/c1-6-7-14-38-31(42)28(29(40)22(2)3)34-32(43)33(38)12-15-36(16-13-33)21-27-23(4)35-39(24(27)5)26-10-8-25(9-11-26)30(41)37-17-19-44-20-18-37;/h8-11,22,28-29,40H,6-7,12-21H2,1-5H3,(H,34,43);1H/t28-,29-;/m1./s1. The Morgan fingerprint density at radius 3 is 2.33 bits per heavy atom. The van der Waals surface area contributed by atoms with Crippen LogP contribution >= 0.6 is 12.4 Å². The number of morpholine rings is 1. The molecule has 4 heterocycles. The number of nitrogens with one attached hydrogen (secondary N) is 1. The number of aromatic nitrogens is 2. The third-order valence-corrected chi connectivity index (χ3v) is 9.68. The highest BCUT2D eigenvalue weighted by atomic mass is 35.5. The number of rotatable bonds is 9. The fourth-order valence-corrected chi connectivity index (χ4v) is 6.75. The van der Waals surface area contributed by atoms with E-state index in [4.69, 9.17) is 9.84 Å². The van der Waals surface area contributed by atoms with E-state index < -0.39 is 17.7 Å². The lowest BCUT2D eigenvalue weighted by atomic mass is 9.80. The van der Waals surface area contributed by atoms with Crippen LogP contribution in [0.15, 0.2) is 24.3 Å². The minimum atomic E-state index is -0.919. The summed E-state index contributed by atoms with van der Waals surface area (Å²) in [5.74, 6) is -0.437. The number of aliphatic hydroxyl groups is 1. The summed E-state index contributed by atoms with van der Waals surface area (Å²) in [5.41, 5.74) is 3.79. The van der Waals surface area contributed by atoms with Crippen molar-refractivity contribution in [2.75, 3.05) is 45.9 Å². The predicted octanol–water partition coefficient (Wildman–Crippen LogP) is 2.86. The van der Waals surface area contributed by atoms with Crippen LogP contribution in [0.4, 0.5) is 0 Å². The normalized spacial score (nSPS) is 21.2. The first-order chi connectivity index (χ1) is 21.1. The molecule has 11 nitrogen and oxygen atoms in total. The summed E-state index contributed by atoms with van der Waals surface area (Å²) in [4.78, 5) is 46.1. The molecule has 1 spiro atoms. The molecule has 5 rings (SSSR count). The number of likely N-dealkylation sites (tertiary alicyclic amines) is 1. The van der Waals surface area contributed by atoms with Crippen LogP contribution in [-0.2, 0) is 20.9 Å². The van der Waals surface area contributed by atoms with Gasteiger partial charge in [0.05, 0.1) is 30.7 Å². The van der Waals surface area contributed by atoms with E-state index in [-0.39, 0.29) is 36.0 Å². The molecule has 0 unspecified atom stereocenters. The average molecular weight is 645 g/mol. The second kappa shape index (κ2) is 14.6. The van der Waals surface area contributed by atoms with Crippen LogP contribution in [0.25, 0.3) is 5.69 Å². The van der Waals surface area contributed by atoms with Gasteiger partial charge in [-0.2, -0.15) is 5.10 Å². The van der Waals surface area contributed by atoms with Gasteiger partial charge >= 0.3 is 0 Å². The maximum atomic E-state index is 13.6. The van der Waals surface area contributed by atoms with E-state index >= 15 is 0 Å². The maximum Gasteiger partial charge on any atom is 0.254 e. The molecule has 3 aliphatic heterocycles. The van der Waals surface area contributed by atoms with Crippen molar-refractivity contribution in [1.29, 1.82) is 0 Å². The number of carbonyl (C=O) groups excluding carboxylic acids is 3. The number of ether oxygens (including phenoxy) is 1. The van der Waals surface area contributed by atoms with Crippen molar-refractivity contribution >= 4 is 30.1 Å². The van der Waals surface area contributed by atoms with Gasteiger partial charge in [-0.05, 0) is 63.3 Å². The second-order valence-corrected chi connectivity index (χ2v) is 12.8. The topological polar surface area (TPSA) is 120 Å². The monoisotopic (exact) mass is 644 g/mol. The summed E-state index contributed by atoms with van der Waals surface area (Å²) in [6.45, 7) is 14.8. The zero-order chi connectivity index (χ0) is 31.6. The SMILES string of the molecule is CCCCN1C(=O)[C@@H]([C@H](O)C(C)C)NC(=O)C12CCN(Cc1c(C)nn(-c3ccc(C(=O)N4CCOCC4)cc3)c1C)CC2.Cl. The van der Waals surface area contributed by atoms with Crippen molar-refractivity contribution in [3.63, 3.8) is 0 Å². The number of amides is 3. The third kappa shape index (κ3) is 6.91. The molecule has 1 aromatic carbocycles. The maximum absolute atomic E-state index is 13.6. The number of piperazine rings is 1. The van der Waals surface area contributed by atoms with E-state index in [0.29, 0.717) is 70.9 Å². The Kier molecular flexibility index (Phi) is 11.3. The van der Waals surface area contributed by atoms with Gasteiger partial charge in [0.15, 0.2) is 0 Å². The van der Waals surface area contributed by atoms with Gasteiger partial charge in [0, 0.05) is 56.1 Å². The number of hydrogen-bond donors (Lipinski definition) is 2. The molecule has 0 aliphatic carbocycles. The van der Waals surface area contributed by atoms with Crippen LogP contribution in [0.1, 0.15) is 73.8 Å². The van der Waals surface area contributed by atoms with E-state index in [1.54, 1.807) is 4.90 Å². The number of unbranched alkanes of at least 4 members (excludes halogenated alkanes) is 1. The Morgan fingerprint density at radius 2 is 1.73 bits per heavy atom. The van der Waals surface area contributed by atoms with Crippen molar-refractivity contribution in [1.82, 2.24) is 29.8 Å². The van der Waals surface area contributed by atoms with Crippen LogP contribution in [0.3, 0.4) is 0 Å². The van der Waals surface area contributed by atoms with Crippen molar-refractivity contribution in [3.05, 3.63) is 46.8 Å². The van der Waals surface area contributed by atoms with Crippen molar-refractivity contribution in [3.8, 4) is 5.69 Å². The summed E-state index contributed by atoms with van der Waals surface area (Å²) in [6.07, 6.45) is 1.90. The summed E-state index contributed by atoms with van der Waals surface area (Å²) in [7, 11) is 0. The molecule has 3 fully saturated rings. The van der Waals surface area contributed by atoms with Crippen LogP contribution in [-0.4, -0.2) is 111 Å². The lowest BCUT2D eigenvalue weighted by molar-refractivity contribution is -0.165. The molecule has 0 radical (unpaired) electrons. The highest BCUT2D eigenvalue weighted by molar-refractivity contribution is 6.00. The molecule has 1 aromatic heterocycles. The number of piperidine rings is 1. The quantitative estimate of drug-likeness (QED) is 0.431. The second-order valence-electron chi connectivity index (χ2n) is 12.8. The minimum Gasteiger partial charge on any atom is -0.390 e. The molecule has 0 bridgehead atoms. The van der Waals surface area contributed by atoms with Crippen molar-refractivity contribution < 1.29 is 24.2 Å². The van der Waals surface area contributed by atoms with Crippen LogP contribution in [0.2, 0.25) is 0 Å². The Balaban J connectivity index is 0.00000461. The lowest BCUT2D eigenvalue weighted by Gasteiger charge is -2.52. The van der Waals surface area contributed by atoms with E-state index in [2.05, 4.69) is 24.1 Å². The largest absolute Gasteiger partial charge is 0.390 e. The average Bonchev–Trinajstić information content (AvgIpc) is 3.31. The van der Waals surface area contributed by atoms with Crippen LogP contribution in [0, 0.1) is 19.8 Å². The Morgan fingerprint density at radius 1 is 1.09 bits per heavy atom. The van der Waals surface area contributed by atoms with Crippen molar-refractivity contribution in [2.24, 2.45) is 5.92 Å². The number of aliphatic hydroxyl groups excluding tert-OH is 1. The molecule has 45 heavy (non-hydrogen) atoms. The van der Waals surface area contributed by atoms with Crippen LogP contribution < -0.4 is 5.32 Å². The number of aryl methyl sites for hydroxylation is 1. The zero-order valence-electron chi connectivity index (χ0n) is 27.3. The summed E-state index contributed by atoms with van der Waals surface area (Å²) in [5, 5.41) is 18.4. The number of halogens is 1. The Labute approximate surface area is 272 Å². The molecule has 2 N–H and O–H groups in total. The first kappa shape index (κ1) is 34.9. The molecule has 3 amide bonds. The molecule has 2 aromatic rings. The van der Waals surface area contributed by atoms with Crippen molar-refractivity contribution in [2.45, 2.75) is 84.5 Å². The number of benzene rings is 1. The third-order valence-electron chi connectivity index (χ3n) is 9.68. The lowest BCUT2D eigenvalue weighted by Crippen LogP contribution is -2.74. The van der Waals surface area contributed by atoms with Gasteiger partial charge in [-0.25, -0.2) is 4.68 Å². The number of nitrogens with zero attached hydrogens (tertiary/aromatic N) is 5. The highest BCUT2D eigenvalue weighted by Gasteiger charge is 2.54. The highest BCUT2D eigenvalue weighted by Crippen LogP contribution is 2.35. The van der Waals surface area contributed by atoms with Gasteiger partial charge < -0.3 is 25.0 Å². The van der Waals surface area contributed by atoms with Gasteiger partial charge in [-0.3, -0.25) is 19.3 Å². The van der Waals surface area contributed by atoms with Gasteiger partial charge in [-0.15, -0.1) is 12.4 Å². The summed E-state index contributed by atoms with van der Waals surface area (Å²) in [6, 6.07) is 6.70. The molecule has 248 valence electrons. The number of carbonyl (C=O) groups is 3. The molecule has 3 aliphatic rings. The minimum absolute atomic E-state index is 0. The fraction of sp³-hybridized carbons (Fsp3) is 0.636. The number of hydrogen-bond acceptors (Lipinski definition) is 7. The van der Waals surface area contributed by atoms with Gasteiger partial charge in [0.25, 0.3) is 5.91 Å². The van der Waals surface area contributed by atoms with E-state index in [1.807, 2.05) is 54.6 Å². The molecule has 0 saturated carbocycles. The molecular formula is C33H49ClN6O5. The molecule has 12 heteroatoms. The Bertz CT molecular complexity index is 1350. The van der Waals surface area contributed by atoms with E-state index in [9.17, 15) is 19.5 Å². The summed E-state index contributed by atoms with van der Waals surface area (Å²) < 4.78 is 7.30. The smallest absolute Gasteiger partial charge is 0.254 e. The van der Waals surface area contributed by atoms with Gasteiger partial charge in [0.1, 0.15) is 11.6 Å². The molecular weight excluding hydrogens is 596 g/mol.